The smallest absolute Gasteiger partial charge is 0.343 e. The topological polar surface area (TPSA) is 61.8 Å². The van der Waals surface area contributed by atoms with Gasteiger partial charge in [-0.1, -0.05) is 52.0 Å². The van der Waals surface area contributed by atoms with E-state index in [0.29, 0.717) is 47.2 Å². The molecule has 6 fully saturated rings. The normalized spacial score (nSPS) is 43.2. The molecule has 0 spiro atoms. The highest BCUT2D eigenvalue weighted by Gasteiger charge is 2.62. The predicted molar refractivity (Wildman–Crippen MR) is 203 cm³/mol. The first kappa shape index (κ1) is 35.1. The van der Waals surface area contributed by atoms with E-state index >= 15 is 0 Å². The summed E-state index contributed by atoms with van der Waals surface area (Å²) in [7, 11) is 0. The molecule has 0 radical (unpaired) electrons. The number of hydrogen-bond donors (Lipinski definition) is 0. The molecule has 7 aliphatic carbocycles. The fourth-order valence-corrected chi connectivity index (χ4v) is 14.5. The Morgan fingerprint density at radius 1 is 0.712 bits per heavy atom. The zero-order chi connectivity index (χ0) is 35.8. The predicted octanol–water partition coefficient (Wildman–Crippen LogP) is 10.9. The van der Waals surface area contributed by atoms with Crippen molar-refractivity contribution in [2.45, 2.75) is 155 Å². The number of carbonyl (C=O) groups is 2. The quantitative estimate of drug-likeness (QED) is 0.221. The molecule has 5 nitrogen and oxygen atoms in total. The molecule has 280 valence electrons. The molecule has 1 unspecified atom stereocenters. The van der Waals surface area contributed by atoms with E-state index in [2.05, 4.69) is 32.9 Å². The molecule has 0 heterocycles. The monoisotopic (exact) mass is 706 g/mol. The number of ether oxygens (including phenoxy) is 3. The first-order chi connectivity index (χ1) is 25.1. The fourth-order valence-electron chi connectivity index (χ4n) is 14.5. The largest absolute Gasteiger partial charge is 0.462 e. The van der Waals surface area contributed by atoms with Crippen molar-refractivity contribution in [2.75, 3.05) is 0 Å². The van der Waals surface area contributed by atoms with Crippen molar-refractivity contribution in [3.8, 4) is 5.75 Å². The van der Waals surface area contributed by atoms with Gasteiger partial charge in [-0.2, -0.15) is 0 Å². The zero-order valence-corrected chi connectivity index (χ0v) is 32.2. The molecular weight excluding hydrogens is 645 g/mol. The highest BCUT2D eigenvalue weighted by Crippen LogP contribution is 2.67. The molecule has 0 amide bonds. The van der Waals surface area contributed by atoms with Gasteiger partial charge in [0.2, 0.25) is 0 Å². The average molecular weight is 707 g/mol. The molecule has 0 aliphatic heterocycles. The molecule has 52 heavy (non-hydrogen) atoms. The molecule has 0 bridgehead atoms. The summed E-state index contributed by atoms with van der Waals surface area (Å²) in [6.07, 6.45) is 20.1. The van der Waals surface area contributed by atoms with Crippen LogP contribution in [0.1, 0.15) is 151 Å². The summed E-state index contributed by atoms with van der Waals surface area (Å²) in [4.78, 5) is 25.0. The van der Waals surface area contributed by atoms with E-state index < -0.39 is 0 Å². The van der Waals surface area contributed by atoms with Crippen LogP contribution in [0.5, 0.6) is 5.75 Å². The minimum absolute atomic E-state index is 0.0124. The highest BCUT2D eigenvalue weighted by atomic mass is 16.5. The van der Waals surface area contributed by atoms with Gasteiger partial charge in [-0.3, -0.25) is 4.79 Å². The van der Waals surface area contributed by atoms with E-state index in [1.165, 1.54) is 94.6 Å². The van der Waals surface area contributed by atoms with Crippen LogP contribution < -0.4 is 4.74 Å². The lowest BCUT2D eigenvalue weighted by molar-refractivity contribution is -0.171. The Morgan fingerprint density at radius 2 is 1.42 bits per heavy atom. The first-order valence-corrected chi connectivity index (χ1v) is 21.4. The maximum absolute atomic E-state index is 12.7. The van der Waals surface area contributed by atoms with E-state index in [4.69, 9.17) is 14.2 Å². The Kier molecular flexibility index (Phi) is 8.95. The third kappa shape index (κ3) is 5.63. The summed E-state index contributed by atoms with van der Waals surface area (Å²) in [5, 5.41) is 0. The maximum atomic E-state index is 12.7. The van der Waals surface area contributed by atoms with Gasteiger partial charge in [-0.15, -0.1) is 0 Å². The Morgan fingerprint density at radius 3 is 2.23 bits per heavy atom. The van der Waals surface area contributed by atoms with Crippen molar-refractivity contribution in [3.63, 3.8) is 0 Å². The van der Waals surface area contributed by atoms with Gasteiger partial charge < -0.3 is 14.2 Å². The Bertz CT molecular complexity index is 1670. The lowest BCUT2D eigenvalue weighted by Crippen LogP contribution is -2.55. The Balaban J connectivity index is 0.830. The number of esters is 2. The van der Waals surface area contributed by atoms with E-state index in [1.807, 2.05) is 43.3 Å². The van der Waals surface area contributed by atoms with Gasteiger partial charge in [-0.25, -0.2) is 4.79 Å². The second-order valence-electron chi connectivity index (χ2n) is 19.3. The summed E-state index contributed by atoms with van der Waals surface area (Å²) in [5.74, 6) is 5.53. The molecule has 7 aliphatic rings. The van der Waals surface area contributed by atoms with E-state index in [1.54, 1.807) is 0 Å². The van der Waals surface area contributed by atoms with Crippen molar-refractivity contribution in [1.82, 2.24) is 0 Å². The fraction of sp³-hybridized carbons (Fsp3) is 0.702. The average Bonchev–Trinajstić information content (AvgIpc) is 3.67. The van der Waals surface area contributed by atoms with Crippen LogP contribution in [-0.4, -0.2) is 30.3 Å². The van der Waals surface area contributed by atoms with Crippen molar-refractivity contribution in [3.05, 3.63) is 65.2 Å². The molecule has 2 aromatic carbocycles. The van der Waals surface area contributed by atoms with Crippen LogP contribution in [0.4, 0.5) is 0 Å². The van der Waals surface area contributed by atoms with Gasteiger partial charge in [0.1, 0.15) is 11.9 Å². The van der Waals surface area contributed by atoms with Crippen LogP contribution in [0.25, 0.3) is 0 Å². The molecule has 0 saturated heterocycles. The van der Waals surface area contributed by atoms with Crippen molar-refractivity contribution in [2.24, 2.45) is 51.8 Å². The lowest BCUT2D eigenvalue weighted by Gasteiger charge is -2.61. The summed E-state index contributed by atoms with van der Waals surface area (Å²) in [5.41, 5.74) is 4.34. The van der Waals surface area contributed by atoms with Crippen molar-refractivity contribution < 1.29 is 23.8 Å². The molecule has 9 rings (SSSR count). The molecule has 0 aromatic heterocycles. The summed E-state index contributed by atoms with van der Waals surface area (Å²) >= 11 is 0. The van der Waals surface area contributed by atoms with E-state index in [9.17, 15) is 9.59 Å². The van der Waals surface area contributed by atoms with E-state index in [0.717, 1.165) is 42.4 Å². The van der Waals surface area contributed by atoms with Gasteiger partial charge in [0, 0.05) is 11.8 Å². The maximum Gasteiger partial charge on any atom is 0.343 e. The standard InChI is InChI=1S/C47H62O5/c1-5-43(48)52-42-20-18-39-37-15-12-31-28-33(21-24-45(31,2)40(37)23-26-47(39,42)4)50-41-19-17-38-36-14-11-30-27-32(51-44(49)29-9-7-6-8-10-29)13-16-34(30)35(36)22-25-46(38,41)3/h6-10,13,16,27,31,33,35-42H,5,11-12,14-15,17-26,28H2,1-4H3/t31-,33?,35-,36-,37+,38+,39+,40+,41+,42+,45+,46+,47+/m1/s1. The van der Waals surface area contributed by atoms with Gasteiger partial charge in [-0.05, 0) is 184 Å². The van der Waals surface area contributed by atoms with E-state index in [-0.39, 0.29) is 28.9 Å². The number of rotatable bonds is 6. The Labute approximate surface area is 312 Å². The highest BCUT2D eigenvalue weighted by molar-refractivity contribution is 5.91. The van der Waals surface area contributed by atoms with Crippen LogP contribution in [0, 0.1) is 51.8 Å². The molecular formula is C47H62O5. The van der Waals surface area contributed by atoms with Gasteiger partial charge in [0.15, 0.2) is 0 Å². The molecule has 13 atom stereocenters. The summed E-state index contributed by atoms with van der Waals surface area (Å²) in [6, 6.07) is 15.7. The summed E-state index contributed by atoms with van der Waals surface area (Å²) < 4.78 is 19.2. The lowest BCUT2D eigenvalue weighted by atomic mass is 9.45. The first-order valence-electron chi connectivity index (χ1n) is 21.4. The number of aryl methyl sites for hydroxylation is 1. The Hall–Kier alpha value is -2.66. The molecule has 0 N–H and O–H groups in total. The van der Waals surface area contributed by atoms with Crippen LogP contribution in [0.2, 0.25) is 0 Å². The number of benzene rings is 2. The number of carbonyl (C=O) groups excluding carboxylic acids is 2. The van der Waals surface area contributed by atoms with Crippen LogP contribution in [-0.2, 0) is 20.7 Å². The number of fused-ring (bicyclic) bond motifs is 10. The molecule has 5 heteroatoms. The van der Waals surface area contributed by atoms with Crippen molar-refractivity contribution >= 4 is 11.9 Å². The van der Waals surface area contributed by atoms with Crippen LogP contribution in [0.3, 0.4) is 0 Å². The zero-order valence-electron chi connectivity index (χ0n) is 32.2. The molecule has 6 saturated carbocycles. The number of hydrogen-bond acceptors (Lipinski definition) is 5. The minimum Gasteiger partial charge on any atom is -0.462 e. The third-order valence-corrected chi connectivity index (χ3v) is 17.3. The van der Waals surface area contributed by atoms with Gasteiger partial charge in [0.05, 0.1) is 17.8 Å². The van der Waals surface area contributed by atoms with Crippen LogP contribution in [0.15, 0.2) is 48.5 Å². The van der Waals surface area contributed by atoms with Gasteiger partial charge >= 0.3 is 11.9 Å². The third-order valence-electron chi connectivity index (χ3n) is 17.3. The van der Waals surface area contributed by atoms with Gasteiger partial charge in [0.25, 0.3) is 0 Å². The molecule has 2 aromatic rings. The van der Waals surface area contributed by atoms with Crippen molar-refractivity contribution in [1.29, 1.82) is 0 Å². The minimum atomic E-state index is -0.286. The second-order valence-corrected chi connectivity index (χ2v) is 19.3. The second kappa shape index (κ2) is 13.3. The van der Waals surface area contributed by atoms with Crippen LogP contribution >= 0.6 is 0 Å². The SMILES string of the molecule is CCC(=O)O[C@H]1CC[C@H]2[C@@H]3CC[C@@H]4CC(O[C@H]5CC[C@H]6[C@@H]7CCc8cc(OC(=O)c9ccccc9)ccc8[C@H]7CC[C@]56C)CC[C@]4(C)[C@H]3CC[C@]12C. The summed E-state index contributed by atoms with van der Waals surface area (Å²) in [6.45, 7) is 9.65.